The van der Waals surface area contributed by atoms with Gasteiger partial charge in [-0.15, -0.1) is 0 Å². The van der Waals surface area contributed by atoms with Crippen molar-refractivity contribution in [3.63, 3.8) is 0 Å². The van der Waals surface area contributed by atoms with E-state index in [4.69, 9.17) is 0 Å². The summed E-state index contributed by atoms with van der Waals surface area (Å²) < 4.78 is 0. The van der Waals surface area contributed by atoms with E-state index in [-0.39, 0.29) is 36.1 Å². The number of fused-ring (bicyclic) bond motifs is 4. The highest BCUT2D eigenvalue weighted by Gasteiger charge is 2.70. The Morgan fingerprint density at radius 1 is 1.07 bits per heavy atom. The van der Waals surface area contributed by atoms with Crippen molar-refractivity contribution in [3.05, 3.63) is 11.1 Å². The number of ketones is 3. The Bertz CT molecular complexity index is 853. The topological polar surface area (TPSA) is 91.7 Å². The minimum absolute atomic E-state index is 0.0284. The highest BCUT2D eigenvalue weighted by atomic mass is 16.3. The molecule has 160 valence electrons. The molecule has 4 rings (SSSR count). The zero-order valence-electron chi connectivity index (χ0n) is 18.5. The van der Waals surface area contributed by atoms with Gasteiger partial charge in [0.05, 0.1) is 17.6 Å². The van der Waals surface area contributed by atoms with Crippen molar-refractivity contribution in [2.24, 2.45) is 33.5 Å². The van der Waals surface area contributed by atoms with E-state index >= 15 is 0 Å². The Kier molecular flexibility index (Phi) is 4.24. The average Bonchev–Trinajstić information content (AvgIpc) is 2.81. The van der Waals surface area contributed by atoms with Crippen LogP contribution in [0.25, 0.3) is 0 Å². The Labute approximate surface area is 172 Å². The first-order valence-electron chi connectivity index (χ1n) is 10.9. The van der Waals surface area contributed by atoms with Crippen LogP contribution in [-0.4, -0.2) is 39.8 Å². The average molecular weight is 403 g/mol. The lowest BCUT2D eigenvalue weighted by Gasteiger charge is -2.61. The van der Waals surface area contributed by atoms with E-state index in [2.05, 4.69) is 6.92 Å². The Balaban J connectivity index is 1.97. The summed E-state index contributed by atoms with van der Waals surface area (Å²) in [7, 11) is 0. The van der Waals surface area contributed by atoms with Crippen LogP contribution in [0.3, 0.4) is 0 Å². The molecule has 0 saturated heterocycles. The molecule has 0 amide bonds. The van der Waals surface area contributed by atoms with E-state index in [0.717, 1.165) is 0 Å². The second-order valence-corrected chi connectivity index (χ2v) is 11.3. The zero-order valence-corrected chi connectivity index (χ0v) is 18.5. The van der Waals surface area contributed by atoms with Gasteiger partial charge in [-0.1, -0.05) is 27.7 Å². The third kappa shape index (κ3) is 2.26. The van der Waals surface area contributed by atoms with Crippen LogP contribution >= 0.6 is 0 Å². The molecule has 5 heteroatoms. The van der Waals surface area contributed by atoms with Gasteiger partial charge >= 0.3 is 0 Å². The van der Waals surface area contributed by atoms with E-state index in [0.29, 0.717) is 30.4 Å². The summed E-state index contributed by atoms with van der Waals surface area (Å²) in [6.45, 7) is 11.4. The smallest absolute Gasteiger partial charge is 0.160 e. The van der Waals surface area contributed by atoms with E-state index in [1.54, 1.807) is 0 Å². The molecule has 0 radical (unpaired) electrons. The zero-order chi connectivity index (χ0) is 21.7. The number of aliphatic hydroxyl groups excluding tert-OH is 2. The quantitative estimate of drug-likeness (QED) is 0.703. The molecular weight excluding hydrogens is 368 g/mol. The molecule has 0 aromatic carbocycles. The predicted molar refractivity (Wildman–Crippen MR) is 108 cm³/mol. The molecule has 5 nitrogen and oxygen atoms in total. The van der Waals surface area contributed by atoms with Gasteiger partial charge in [0.15, 0.2) is 5.78 Å². The number of Topliss-reactive ketones (excluding diaryl/α,β-unsaturated/α-hetero) is 3. The largest absolute Gasteiger partial charge is 0.393 e. The summed E-state index contributed by atoms with van der Waals surface area (Å²) in [6, 6.07) is 0. The molecule has 0 heterocycles. The van der Waals surface area contributed by atoms with Crippen molar-refractivity contribution < 1.29 is 24.6 Å². The fraction of sp³-hybridized carbons (Fsp3) is 0.792. The second kappa shape index (κ2) is 5.88. The van der Waals surface area contributed by atoms with Crippen molar-refractivity contribution in [2.75, 3.05) is 0 Å². The maximum absolute atomic E-state index is 13.6. The van der Waals surface area contributed by atoms with Crippen LogP contribution in [0.4, 0.5) is 0 Å². The maximum Gasteiger partial charge on any atom is 0.160 e. The molecule has 0 aromatic heterocycles. The van der Waals surface area contributed by atoms with Gasteiger partial charge in [-0.2, -0.15) is 0 Å². The summed E-state index contributed by atoms with van der Waals surface area (Å²) in [5.74, 6) is -0.654. The molecular formula is C24H34O5. The second-order valence-electron chi connectivity index (χ2n) is 11.3. The minimum Gasteiger partial charge on any atom is -0.393 e. The van der Waals surface area contributed by atoms with Crippen molar-refractivity contribution >= 4 is 17.3 Å². The third-order valence-corrected chi connectivity index (χ3v) is 9.79. The predicted octanol–water partition coefficient (Wildman–Crippen LogP) is 3.01. The first-order chi connectivity index (χ1) is 13.2. The van der Waals surface area contributed by atoms with E-state index in [1.807, 2.05) is 27.7 Å². The van der Waals surface area contributed by atoms with Crippen molar-refractivity contribution in [1.29, 1.82) is 0 Å². The first kappa shape index (κ1) is 20.9. The molecule has 4 aliphatic carbocycles. The first-order valence-corrected chi connectivity index (χ1v) is 10.9. The van der Waals surface area contributed by atoms with Crippen LogP contribution in [0.15, 0.2) is 11.1 Å². The molecule has 2 saturated carbocycles. The molecule has 2 fully saturated rings. The van der Waals surface area contributed by atoms with Gasteiger partial charge in [0, 0.05) is 29.7 Å². The summed E-state index contributed by atoms with van der Waals surface area (Å²) in [5, 5.41) is 22.0. The fourth-order valence-electron chi connectivity index (χ4n) is 7.82. The van der Waals surface area contributed by atoms with Gasteiger partial charge in [-0.25, -0.2) is 0 Å². The molecule has 7 atom stereocenters. The monoisotopic (exact) mass is 402 g/mol. The summed E-state index contributed by atoms with van der Waals surface area (Å²) in [4.78, 5) is 39.4. The lowest BCUT2D eigenvalue weighted by atomic mass is 9.42. The molecule has 4 aliphatic rings. The van der Waals surface area contributed by atoms with Crippen molar-refractivity contribution in [3.8, 4) is 0 Å². The number of rotatable bonds is 1. The maximum atomic E-state index is 13.6. The normalized spacial score (nSPS) is 48.8. The molecule has 1 unspecified atom stereocenters. The van der Waals surface area contributed by atoms with Crippen LogP contribution in [0.2, 0.25) is 0 Å². The highest BCUT2D eigenvalue weighted by Crippen LogP contribution is 2.69. The molecule has 29 heavy (non-hydrogen) atoms. The lowest BCUT2D eigenvalue weighted by Crippen LogP contribution is -2.60. The van der Waals surface area contributed by atoms with Gasteiger partial charge in [-0.3, -0.25) is 14.4 Å². The van der Waals surface area contributed by atoms with Crippen molar-refractivity contribution in [2.45, 2.75) is 85.9 Å². The van der Waals surface area contributed by atoms with Crippen molar-refractivity contribution in [1.82, 2.24) is 0 Å². The third-order valence-electron chi connectivity index (χ3n) is 9.79. The standard InChI is InChI=1S/C24H34O5/c1-12(25)13-9-18(29)24(6)20-14(26)10-16-21(2,3)17(28)7-8-22(16,4)19(20)15(27)11-23(13,24)5/h13-14,16-17,26,28H,7-11H2,1-6H3/t13-,14+,16+,17+,22+,23-,24?/m1/s1. The SMILES string of the molecule is CC(=O)[C@H]1CC(=O)C2(C)C3=C(C(=O)C[C@]12C)[C@@]1(C)CC[C@H](O)C(C)(C)[C@@H]1C[C@@H]3O. The lowest BCUT2D eigenvalue weighted by molar-refractivity contribution is -0.142. The van der Waals surface area contributed by atoms with E-state index in [1.165, 1.54) is 6.92 Å². The van der Waals surface area contributed by atoms with Crippen LogP contribution < -0.4 is 0 Å². The number of aliphatic hydroxyl groups is 2. The van der Waals surface area contributed by atoms with Crippen LogP contribution in [0, 0.1) is 33.5 Å². The van der Waals surface area contributed by atoms with Gasteiger partial charge in [0.2, 0.25) is 0 Å². The number of hydrogen-bond donors (Lipinski definition) is 2. The molecule has 0 spiro atoms. The summed E-state index contributed by atoms with van der Waals surface area (Å²) in [6.07, 6.45) is 0.603. The van der Waals surface area contributed by atoms with Crippen LogP contribution in [0.5, 0.6) is 0 Å². The van der Waals surface area contributed by atoms with Gasteiger partial charge in [-0.05, 0) is 55.4 Å². The number of allylic oxidation sites excluding steroid dienone is 1. The van der Waals surface area contributed by atoms with Crippen LogP contribution in [-0.2, 0) is 14.4 Å². The Hall–Kier alpha value is -1.33. The Morgan fingerprint density at radius 3 is 2.28 bits per heavy atom. The number of carbonyl (C=O) groups is 3. The van der Waals surface area contributed by atoms with Gasteiger partial charge in [0.1, 0.15) is 11.6 Å². The van der Waals surface area contributed by atoms with Gasteiger partial charge in [0.25, 0.3) is 0 Å². The summed E-state index contributed by atoms with van der Waals surface area (Å²) >= 11 is 0. The van der Waals surface area contributed by atoms with Gasteiger partial charge < -0.3 is 10.2 Å². The molecule has 2 N–H and O–H groups in total. The summed E-state index contributed by atoms with van der Waals surface area (Å²) in [5.41, 5.74) is -1.50. The molecule has 0 aliphatic heterocycles. The minimum atomic E-state index is -1.000. The molecule has 0 bridgehead atoms. The number of carbonyl (C=O) groups excluding carboxylic acids is 3. The van der Waals surface area contributed by atoms with Crippen LogP contribution in [0.1, 0.15) is 73.6 Å². The number of hydrogen-bond acceptors (Lipinski definition) is 5. The van der Waals surface area contributed by atoms with E-state index < -0.39 is 39.8 Å². The highest BCUT2D eigenvalue weighted by molar-refractivity contribution is 6.07. The van der Waals surface area contributed by atoms with E-state index in [9.17, 15) is 24.6 Å². The molecule has 0 aromatic rings. The fourth-order valence-corrected chi connectivity index (χ4v) is 7.82. The Morgan fingerprint density at radius 2 is 1.69 bits per heavy atom.